The maximum Gasteiger partial charge on any atom is 0.263 e. The fourth-order valence-corrected chi connectivity index (χ4v) is 3.93. The number of benzene rings is 1. The summed E-state index contributed by atoms with van der Waals surface area (Å²) < 4.78 is 26.4. The molecule has 1 atom stereocenters. The van der Waals surface area contributed by atoms with E-state index in [-0.39, 0.29) is 29.3 Å². The first-order chi connectivity index (χ1) is 12.0. The van der Waals surface area contributed by atoms with Crippen molar-refractivity contribution in [1.82, 2.24) is 10.0 Å². The average Bonchev–Trinajstić information content (AvgIpc) is 2.86. The van der Waals surface area contributed by atoms with Crippen LogP contribution in [-0.2, 0) is 14.8 Å². The first-order valence-electron chi connectivity index (χ1n) is 8.64. The summed E-state index contributed by atoms with van der Waals surface area (Å²) in [6.45, 7) is 2.92. The van der Waals surface area contributed by atoms with Crippen molar-refractivity contribution in [3.63, 3.8) is 0 Å². The standard InChI is InChI=1S/C17H26N4O3S.ClH/c1-2-3-7-13(12-18)20-16(22)10-6-11-19-17-14-8-4-5-9-15(14)25(23,24)21-17;/h4-5,8-9,13H,2-3,6-7,10-12,18H2,1H3,(H,19,21)(H,20,22);1H. The molecule has 0 saturated carbocycles. The van der Waals surface area contributed by atoms with E-state index in [0.717, 1.165) is 19.3 Å². The lowest BCUT2D eigenvalue weighted by atomic mass is 10.1. The minimum atomic E-state index is -3.51. The van der Waals surface area contributed by atoms with Crippen LogP contribution < -0.4 is 15.8 Å². The topological polar surface area (TPSA) is 114 Å². The molecule has 0 radical (unpaired) electrons. The van der Waals surface area contributed by atoms with Crippen LogP contribution in [0.3, 0.4) is 0 Å². The molecule has 2 rings (SSSR count). The summed E-state index contributed by atoms with van der Waals surface area (Å²) in [7, 11) is -3.51. The number of hydrogen-bond donors (Lipinski definition) is 3. The van der Waals surface area contributed by atoms with Gasteiger partial charge in [-0.3, -0.25) is 14.5 Å². The summed E-state index contributed by atoms with van der Waals surface area (Å²) in [6, 6.07) is 6.74. The van der Waals surface area contributed by atoms with E-state index < -0.39 is 10.0 Å². The van der Waals surface area contributed by atoms with E-state index in [9.17, 15) is 13.2 Å². The number of nitrogens with two attached hydrogens (primary N) is 1. The molecule has 7 nitrogen and oxygen atoms in total. The zero-order valence-corrected chi connectivity index (χ0v) is 16.5. The minimum Gasteiger partial charge on any atom is -0.352 e. The van der Waals surface area contributed by atoms with Gasteiger partial charge in [0.2, 0.25) is 5.91 Å². The monoisotopic (exact) mass is 402 g/mol. The number of unbranched alkanes of at least 4 members (excludes halogenated alkanes) is 1. The number of rotatable bonds is 9. The number of sulfonamides is 1. The van der Waals surface area contributed by atoms with Crippen molar-refractivity contribution < 1.29 is 13.2 Å². The van der Waals surface area contributed by atoms with E-state index in [1.807, 2.05) is 0 Å². The fraction of sp³-hybridized carbons (Fsp3) is 0.529. The Balaban J connectivity index is 0.00000338. The molecule has 146 valence electrons. The Bertz CT molecular complexity index is 737. The number of carbonyl (C=O) groups is 1. The quantitative estimate of drug-likeness (QED) is 0.544. The lowest BCUT2D eigenvalue weighted by molar-refractivity contribution is -0.121. The Morgan fingerprint density at radius 2 is 2.04 bits per heavy atom. The third kappa shape index (κ3) is 5.96. The molecule has 1 aliphatic rings. The van der Waals surface area contributed by atoms with Gasteiger partial charge in [-0.2, -0.15) is 0 Å². The second-order valence-electron chi connectivity index (χ2n) is 6.08. The largest absolute Gasteiger partial charge is 0.352 e. The van der Waals surface area contributed by atoms with Crippen molar-refractivity contribution >= 4 is 34.2 Å². The highest BCUT2D eigenvalue weighted by molar-refractivity contribution is 7.90. The molecular weight excluding hydrogens is 376 g/mol. The number of amidine groups is 1. The van der Waals surface area contributed by atoms with Crippen LogP contribution in [0.5, 0.6) is 0 Å². The number of hydrogen-bond acceptors (Lipinski definition) is 5. The van der Waals surface area contributed by atoms with Crippen molar-refractivity contribution in [3.05, 3.63) is 29.8 Å². The van der Waals surface area contributed by atoms with Gasteiger partial charge in [-0.25, -0.2) is 8.42 Å². The number of aliphatic imine (C=N–C) groups is 1. The molecule has 0 aromatic heterocycles. The third-order valence-corrected chi connectivity index (χ3v) is 5.45. The van der Waals surface area contributed by atoms with E-state index >= 15 is 0 Å². The van der Waals surface area contributed by atoms with Crippen molar-refractivity contribution in [2.45, 2.75) is 50.0 Å². The predicted octanol–water partition coefficient (Wildman–Crippen LogP) is 1.56. The Morgan fingerprint density at radius 3 is 2.73 bits per heavy atom. The summed E-state index contributed by atoms with van der Waals surface area (Å²) >= 11 is 0. The maximum atomic E-state index is 12.0. The van der Waals surface area contributed by atoms with Gasteiger partial charge in [0.1, 0.15) is 5.84 Å². The van der Waals surface area contributed by atoms with Crippen molar-refractivity contribution in [2.75, 3.05) is 13.1 Å². The van der Waals surface area contributed by atoms with Crippen LogP contribution in [0.2, 0.25) is 0 Å². The van der Waals surface area contributed by atoms with Crippen LogP contribution in [0.4, 0.5) is 0 Å². The normalized spacial score (nSPS) is 17.1. The van der Waals surface area contributed by atoms with Gasteiger partial charge in [-0.1, -0.05) is 31.9 Å². The number of fused-ring (bicyclic) bond motifs is 1. The Hall–Kier alpha value is -1.64. The molecule has 0 bridgehead atoms. The second-order valence-corrected chi connectivity index (χ2v) is 7.73. The molecule has 0 aliphatic carbocycles. The molecular formula is C17H27ClN4O3S. The first-order valence-corrected chi connectivity index (χ1v) is 10.1. The summed E-state index contributed by atoms with van der Waals surface area (Å²) in [6.07, 6.45) is 3.88. The molecule has 0 saturated heterocycles. The maximum absolute atomic E-state index is 12.0. The number of halogens is 1. The molecule has 9 heteroatoms. The van der Waals surface area contributed by atoms with Crippen LogP contribution in [-0.4, -0.2) is 39.3 Å². The molecule has 1 aromatic rings. The molecule has 1 amide bonds. The Morgan fingerprint density at radius 1 is 1.31 bits per heavy atom. The molecule has 0 spiro atoms. The van der Waals surface area contributed by atoms with Crippen LogP contribution in [0.15, 0.2) is 34.2 Å². The average molecular weight is 403 g/mol. The molecule has 1 aliphatic heterocycles. The lowest BCUT2D eigenvalue weighted by Crippen LogP contribution is -2.40. The highest BCUT2D eigenvalue weighted by Gasteiger charge is 2.29. The number of carbonyl (C=O) groups excluding carboxylic acids is 1. The molecule has 4 N–H and O–H groups in total. The SMILES string of the molecule is CCCCC(CN)NC(=O)CCCN=C1NS(=O)(=O)c2ccccc21.Cl. The van der Waals surface area contributed by atoms with E-state index in [0.29, 0.717) is 37.3 Å². The molecule has 0 fully saturated rings. The molecule has 1 heterocycles. The number of nitrogens with one attached hydrogen (secondary N) is 2. The molecule has 1 unspecified atom stereocenters. The van der Waals surface area contributed by atoms with Crippen molar-refractivity contribution in [1.29, 1.82) is 0 Å². The molecule has 1 aromatic carbocycles. The second kappa shape index (κ2) is 10.5. The van der Waals surface area contributed by atoms with E-state index in [4.69, 9.17) is 5.73 Å². The van der Waals surface area contributed by atoms with Gasteiger partial charge in [-0.05, 0) is 25.0 Å². The van der Waals surface area contributed by atoms with Gasteiger partial charge in [0.05, 0.1) is 4.90 Å². The van der Waals surface area contributed by atoms with Crippen molar-refractivity contribution in [3.8, 4) is 0 Å². The van der Waals surface area contributed by atoms with Gasteiger partial charge in [-0.15, -0.1) is 12.4 Å². The van der Waals surface area contributed by atoms with E-state index in [1.54, 1.807) is 24.3 Å². The Kier molecular flexibility index (Phi) is 9.04. The lowest BCUT2D eigenvalue weighted by Gasteiger charge is -2.16. The predicted molar refractivity (Wildman–Crippen MR) is 105 cm³/mol. The van der Waals surface area contributed by atoms with Crippen LogP contribution in [0.25, 0.3) is 0 Å². The van der Waals surface area contributed by atoms with Gasteiger partial charge in [0, 0.05) is 31.1 Å². The molecule has 26 heavy (non-hydrogen) atoms. The van der Waals surface area contributed by atoms with Crippen LogP contribution >= 0.6 is 12.4 Å². The smallest absolute Gasteiger partial charge is 0.263 e. The van der Waals surface area contributed by atoms with Crippen LogP contribution in [0.1, 0.15) is 44.6 Å². The number of nitrogens with zero attached hydrogens (tertiary/aromatic N) is 1. The van der Waals surface area contributed by atoms with E-state index in [1.165, 1.54) is 0 Å². The van der Waals surface area contributed by atoms with Gasteiger partial charge < -0.3 is 11.1 Å². The summed E-state index contributed by atoms with van der Waals surface area (Å²) in [5.74, 6) is 0.304. The highest BCUT2D eigenvalue weighted by atomic mass is 35.5. The van der Waals surface area contributed by atoms with Crippen molar-refractivity contribution in [2.24, 2.45) is 10.7 Å². The van der Waals surface area contributed by atoms with Gasteiger partial charge in [0.15, 0.2) is 0 Å². The zero-order chi connectivity index (χ0) is 18.3. The number of amides is 1. The van der Waals surface area contributed by atoms with E-state index in [2.05, 4.69) is 22.0 Å². The highest BCUT2D eigenvalue weighted by Crippen LogP contribution is 2.22. The fourth-order valence-electron chi connectivity index (χ4n) is 2.68. The van der Waals surface area contributed by atoms with Gasteiger partial charge >= 0.3 is 0 Å². The summed E-state index contributed by atoms with van der Waals surface area (Å²) in [4.78, 5) is 16.5. The Labute approximate surface area is 161 Å². The third-order valence-electron chi connectivity index (χ3n) is 4.05. The summed E-state index contributed by atoms with van der Waals surface area (Å²) in [5.41, 5.74) is 6.25. The minimum absolute atomic E-state index is 0. The summed E-state index contributed by atoms with van der Waals surface area (Å²) in [5, 5.41) is 2.93. The zero-order valence-electron chi connectivity index (χ0n) is 14.9. The van der Waals surface area contributed by atoms with Crippen LogP contribution in [0, 0.1) is 0 Å². The van der Waals surface area contributed by atoms with Gasteiger partial charge in [0.25, 0.3) is 10.0 Å². The first kappa shape index (κ1) is 22.4.